The van der Waals surface area contributed by atoms with Gasteiger partial charge in [-0.2, -0.15) is 9.40 Å². The maximum absolute atomic E-state index is 15.0. The van der Waals surface area contributed by atoms with Crippen LogP contribution in [0.15, 0.2) is 101 Å². The van der Waals surface area contributed by atoms with Crippen molar-refractivity contribution in [3.8, 4) is 5.75 Å². The molecular weight excluding hydrogens is 1020 g/mol. The molecule has 78 heavy (non-hydrogen) atoms. The molecule has 0 aliphatic carbocycles. The van der Waals surface area contributed by atoms with Crippen LogP contribution in [0.5, 0.6) is 5.75 Å². The zero-order valence-electron chi connectivity index (χ0n) is 45.0. The predicted octanol–water partition coefficient (Wildman–Crippen LogP) is 6.48. The monoisotopic (exact) mass is 1090 g/mol. The van der Waals surface area contributed by atoms with Gasteiger partial charge in [0.25, 0.3) is 17.4 Å². The summed E-state index contributed by atoms with van der Waals surface area (Å²) in [6.45, 7) is 9.24. The number of halogens is 1. The Balaban J connectivity index is 0.674. The van der Waals surface area contributed by atoms with Gasteiger partial charge in [-0.3, -0.25) is 28.8 Å². The summed E-state index contributed by atoms with van der Waals surface area (Å²) in [7, 11) is -3.76. The molecule has 7 rings (SSSR count). The number of piperazine rings is 1. The van der Waals surface area contributed by atoms with Crippen molar-refractivity contribution >= 4 is 50.4 Å². The number of hydrogen-bond donors (Lipinski definition) is 4. The van der Waals surface area contributed by atoms with Crippen LogP contribution in [0.25, 0.3) is 10.8 Å². The van der Waals surface area contributed by atoms with Gasteiger partial charge in [0.2, 0.25) is 21.8 Å². The van der Waals surface area contributed by atoms with Crippen LogP contribution in [0, 0.1) is 5.82 Å². The van der Waals surface area contributed by atoms with Crippen molar-refractivity contribution in [1.29, 1.82) is 0 Å². The van der Waals surface area contributed by atoms with E-state index in [2.05, 4.69) is 26.1 Å². The third kappa shape index (κ3) is 17.0. The maximum Gasteiger partial charge on any atom is 0.325 e. The average molecular weight is 1090 g/mol. The summed E-state index contributed by atoms with van der Waals surface area (Å²) in [5, 5.41) is 16.7. The normalized spacial score (nSPS) is 14.5. The number of carbonyl (C=O) groups excluding carboxylic acids is 5. The fraction of sp³-hybridized carbons (Fsp3) is 0.466. The first-order valence-corrected chi connectivity index (χ1v) is 28.5. The van der Waals surface area contributed by atoms with Crippen molar-refractivity contribution < 1.29 is 46.3 Å². The van der Waals surface area contributed by atoms with Crippen LogP contribution in [0.2, 0.25) is 0 Å². The minimum Gasteiger partial charge on any atom is -0.492 e. The molecule has 0 unspecified atom stereocenters. The zero-order chi connectivity index (χ0) is 55.7. The molecule has 18 nitrogen and oxygen atoms in total. The van der Waals surface area contributed by atoms with Crippen LogP contribution >= 0.6 is 0 Å². The van der Waals surface area contributed by atoms with Crippen molar-refractivity contribution in [2.24, 2.45) is 0 Å². The standard InChI is InChI=1S/C58H73FN8O10S/c1-58(2,3)77-54(70)40-62-55(71)44-19-23-46(24-20-44)78(74,75)67-31-26-43(27-32-67)42-17-21-45(22-18-42)76-37-30-60-28-29-61-52(68)14-8-6-4-5-7-9-15-53(69)65-33-35-66(36-34-65)57(73)49-38-41(16-25-50(49)59)39-51-47-12-10-11-13-48(47)56(72)64-63-51/h10-13,16-25,38,43,60H,4-9,14-15,26-37,39-40H2,1-3H3,(H,61,68)(H,62,71)(H,64,72). The van der Waals surface area contributed by atoms with Gasteiger partial charge in [-0.25, -0.2) is 17.9 Å². The lowest BCUT2D eigenvalue weighted by Gasteiger charge is -2.35. The molecule has 0 saturated carbocycles. The number of unbranched alkanes of at least 4 members (excludes halogenated alkanes) is 5. The molecule has 3 heterocycles. The van der Waals surface area contributed by atoms with E-state index >= 15 is 0 Å². The largest absolute Gasteiger partial charge is 0.492 e. The van der Waals surface area contributed by atoms with E-state index in [4.69, 9.17) is 9.47 Å². The van der Waals surface area contributed by atoms with Crippen LogP contribution in [0.3, 0.4) is 0 Å². The van der Waals surface area contributed by atoms with Gasteiger partial charge in [-0.15, -0.1) is 0 Å². The lowest BCUT2D eigenvalue weighted by molar-refractivity contribution is -0.153. The highest BCUT2D eigenvalue weighted by Crippen LogP contribution is 2.32. The van der Waals surface area contributed by atoms with Gasteiger partial charge in [-0.05, 0) is 118 Å². The molecular formula is C58H73FN8O10S. The molecule has 5 aromatic rings. The highest BCUT2D eigenvalue weighted by molar-refractivity contribution is 7.89. The molecule has 2 saturated heterocycles. The summed E-state index contributed by atoms with van der Waals surface area (Å²) in [5.74, 6) is -1.09. The van der Waals surface area contributed by atoms with E-state index in [1.165, 1.54) is 34.6 Å². The number of fused-ring (bicyclic) bond motifs is 1. The fourth-order valence-electron chi connectivity index (χ4n) is 9.67. The van der Waals surface area contributed by atoms with E-state index in [9.17, 15) is 41.6 Å². The first-order valence-electron chi connectivity index (χ1n) is 27.1. The second-order valence-electron chi connectivity index (χ2n) is 20.8. The molecule has 4 N–H and O–H groups in total. The van der Waals surface area contributed by atoms with E-state index in [0.717, 1.165) is 49.8 Å². The zero-order valence-corrected chi connectivity index (χ0v) is 45.8. The van der Waals surface area contributed by atoms with Crippen LogP contribution in [-0.4, -0.2) is 140 Å². The summed E-state index contributed by atoms with van der Waals surface area (Å²) in [4.78, 5) is 78.9. The highest BCUT2D eigenvalue weighted by atomic mass is 32.2. The van der Waals surface area contributed by atoms with Crippen LogP contribution in [0.1, 0.15) is 128 Å². The molecule has 2 aliphatic rings. The minimum absolute atomic E-state index is 0.0213. The highest BCUT2D eigenvalue weighted by Gasteiger charge is 2.31. The number of benzene rings is 4. The Morgan fingerprint density at radius 3 is 2.09 bits per heavy atom. The van der Waals surface area contributed by atoms with Gasteiger partial charge < -0.3 is 35.2 Å². The number of sulfonamides is 1. The number of carbonyl (C=O) groups is 5. The topological polar surface area (TPSA) is 230 Å². The van der Waals surface area contributed by atoms with Gasteiger partial charge in [-0.1, -0.05) is 62.1 Å². The number of hydrogen-bond acceptors (Lipinski definition) is 12. The van der Waals surface area contributed by atoms with Crippen molar-refractivity contribution in [3.05, 3.63) is 135 Å². The van der Waals surface area contributed by atoms with Crippen LogP contribution < -0.4 is 26.2 Å². The number of nitrogens with one attached hydrogen (secondary N) is 4. The molecule has 2 aliphatic heterocycles. The Labute approximate surface area is 455 Å². The van der Waals surface area contributed by atoms with Crippen molar-refractivity contribution in [2.75, 3.05) is 72.1 Å². The molecule has 4 aromatic carbocycles. The third-order valence-corrected chi connectivity index (χ3v) is 15.8. The lowest BCUT2D eigenvalue weighted by atomic mass is 9.90. The molecule has 418 valence electrons. The molecule has 0 atom stereocenters. The summed E-state index contributed by atoms with van der Waals surface area (Å²) in [6, 6.07) is 25.2. The Morgan fingerprint density at radius 1 is 0.744 bits per heavy atom. The summed E-state index contributed by atoms with van der Waals surface area (Å²) in [6.07, 6.45) is 7.91. The number of esters is 1. The van der Waals surface area contributed by atoms with Crippen molar-refractivity contribution in [1.82, 2.24) is 40.3 Å². The average Bonchev–Trinajstić information content (AvgIpc) is 3.45. The van der Waals surface area contributed by atoms with Gasteiger partial charge in [0.1, 0.15) is 30.3 Å². The second kappa shape index (κ2) is 28.0. The van der Waals surface area contributed by atoms with Gasteiger partial charge in [0.15, 0.2) is 0 Å². The Bertz CT molecular complexity index is 3020. The number of aromatic amines is 1. The van der Waals surface area contributed by atoms with E-state index in [1.54, 1.807) is 54.8 Å². The molecule has 0 bridgehead atoms. The molecule has 1 aromatic heterocycles. The number of rotatable bonds is 25. The fourth-order valence-corrected chi connectivity index (χ4v) is 11.1. The van der Waals surface area contributed by atoms with Crippen molar-refractivity contribution in [2.45, 2.75) is 108 Å². The molecule has 20 heteroatoms. The number of amides is 4. The van der Waals surface area contributed by atoms with Gasteiger partial charge in [0, 0.05) is 89.1 Å². The van der Waals surface area contributed by atoms with E-state index in [0.29, 0.717) is 120 Å². The van der Waals surface area contributed by atoms with E-state index in [1.807, 2.05) is 36.4 Å². The summed E-state index contributed by atoms with van der Waals surface area (Å²) < 4.78 is 54.4. The van der Waals surface area contributed by atoms with Crippen LogP contribution in [0.4, 0.5) is 4.39 Å². The maximum atomic E-state index is 15.0. The summed E-state index contributed by atoms with van der Waals surface area (Å²) in [5.41, 5.74) is 1.67. The Morgan fingerprint density at radius 2 is 1.40 bits per heavy atom. The first kappa shape index (κ1) is 58.6. The lowest BCUT2D eigenvalue weighted by Crippen LogP contribution is -2.50. The van der Waals surface area contributed by atoms with E-state index < -0.39 is 39.2 Å². The number of ether oxygens (including phenoxy) is 2. The number of nitrogens with zero attached hydrogens (tertiary/aromatic N) is 4. The van der Waals surface area contributed by atoms with Gasteiger partial charge in [0.05, 0.1) is 21.5 Å². The quantitative estimate of drug-likeness (QED) is 0.0364. The Hall–Kier alpha value is -7.03. The van der Waals surface area contributed by atoms with Gasteiger partial charge >= 0.3 is 5.97 Å². The molecule has 4 amide bonds. The second-order valence-corrected chi connectivity index (χ2v) is 22.8. The predicted molar refractivity (Wildman–Crippen MR) is 294 cm³/mol. The first-order chi connectivity index (χ1) is 37.4. The SMILES string of the molecule is CC(C)(C)OC(=O)CNC(=O)c1ccc(S(=O)(=O)N2CCC(c3ccc(OCCNCCNC(=O)CCCCCCCCC(=O)N4CCN(C(=O)c5cc(Cc6n[nH]c(=O)c7ccccc67)ccc5F)CC4)cc3)CC2)cc1. The van der Waals surface area contributed by atoms with Crippen molar-refractivity contribution in [3.63, 3.8) is 0 Å². The Kier molecular flexibility index (Phi) is 21.1. The smallest absolute Gasteiger partial charge is 0.325 e. The van der Waals surface area contributed by atoms with Crippen LogP contribution in [-0.2, 0) is 35.6 Å². The molecule has 0 spiro atoms. The number of piperidine rings is 1. The molecule has 0 radical (unpaired) electrons. The minimum atomic E-state index is -3.76. The summed E-state index contributed by atoms with van der Waals surface area (Å²) >= 11 is 0. The van der Waals surface area contributed by atoms with E-state index in [-0.39, 0.29) is 45.9 Å². The molecule has 2 fully saturated rings. The number of H-pyrrole nitrogens is 1. The number of aromatic nitrogens is 2. The third-order valence-electron chi connectivity index (χ3n) is 13.9.